The largest absolute Gasteiger partial charge is 0.425 e. The fraction of sp³-hybridized carbons (Fsp3) is 0.350. The van der Waals surface area contributed by atoms with Crippen molar-refractivity contribution in [1.29, 1.82) is 0 Å². The van der Waals surface area contributed by atoms with Crippen molar-refractivity contribution in [1.82, 2.24) is 19.8 Å². The van der Waals surface area contributed by atoms with Crippen molar-refractivity contribution in [2.24, 2.45) is 0 Å². The molecule has 3 amide bonds. The van der Waals surface area contributed by atoms with Gasteiger partial charge in [-0.1, -0.05) is 30.3 Å². The summed E-state index contributed by atoms with van der Waals surface area (Å²) in [7, 11) is 0. The molecule has 1 fully saturated rings. The van der Waals surface area contributed by atoms with E-state index in [1.54, 1.807) is 40.6 Å². The van der Waals surface area contributed by atoms with Crippen LogP contribution in [0.5, 0.6) is 0 Å². The monoisotopic (exact) mass is 465 g/mol. The number of hydrogen-bond acceptors (Lipinski definition) is 5. The van der Waals surface area contributed by atoms with Crippen LogP contribution < -0.4 is 21.9 Å². The highest BCUT2D eigenvalue weighted by molar-refractivity contribution is 6.07. The van der Waals surface area contributed by atoms with Crippen LogP contribution in [0.15, 0.2) is 39.9 Å². The zero-order valence-corrected chi connectivity index (χ0v) is 17.0. The standard InChI is InChI=1S/C20H18F3N5O5/c21-20(22,23)19(26-12(29)10-27-8-4-7-13(27)30)14-15(24-17(19)32)28(18(33)25-16(14)31)9-11-5-2-1-3-6-11/h1-3,5-6H,4,7-10H2,(H,24,32)(H,26,29)(H,25,31,33)/t19-/m1/s1. The highest BCUT2D eigenvalue weighted by Gasteiger charge is 2.68. The number of carbonyl (C=O) groups is 3. The zero-order valence-electron chi connectivity index (χ0n) is 17.0. The van der Waals surface area contributed by atoms with Gasteiger partial charge < -0.3 is 15.5 Å². The number of anilines is 1. The molecule has 3 heterocycles. The van der Waals surface area contributed by atoms with Gasteiger partial charge in [0.25, 0.3) is 11.5 Å². The molecule has 1 aromatic carbocycles. The quantitative estimate of drug-likeness (QED) is 0.573. The maximum Gasteiger partial charge on any atom is 0.425 e. The Morgan fingerprint density at radius 3 is 2.42 bits per heavy atom. The Bertz CT molecular complexity index is 1250. The molecule has 33 heavy (non-hydrogen) atoms. The summed E-state index contributed by atoms with van der Waals surface area (Å²) in [6.07, 6.45) is -4.83. The van der Waals surface area contributed by atoms with E-state index in [9.17, 15) is 37.1 Å². The molecule has 13 heteroatoms. The number of benzene rings is 1. The van der Waals surface area contributed by atoms with Gasteiger partial charge in [-0.25, -0.2) is 4.79 Å². The molecule has 2 aliphatic rings. The minimum absolute atomic E-state index is 0.159. The molecule has 2 aromatic rings. The topological polar surface area (TPSA) is 133 Å². The van der Waals surface area contributed by atoms with Crippen molar-refractivity contribution < 1.29 is 27.6 Å². The second kappa shape index (κ2) is 7.90. The third-order valence-electron chi connectivity index (χ3n) is 5.59. The van der Waals surface area contributed by atoms with E-state index in [0.717, 1.165) is 9.47 Å². The Labute approximate surface area is 183 Å². The fourth-order valence-corrected chi connectivity index (χ4v) is 4.03. The van der Waals surface area contributed by atoms with Crippen molar-refractivity contribution in [3.8, 4) is 0 Å². The van der Waals surface area contributed by atoms with Crippen LogP contribution in [0.2, 0.25) is 0 Å². The van der Waals surface area contributed by atoms with Crippen molar-refractivity contribution in [2.75, 3.05) is 18.4 Å². The van der Waals surface area contributed by atoms with Gasteiger partial charge in [0.15, 0.2) is 0 Å². The van der Waals surface area contributed by atoms with Crippen LogP contribution in [-0.4, -0.2) is 51.4 Å². The Kier molecular flexibility index (Phi) is 5.34. The zero-order chi connectivity index (χ0) is 24.0. The van der Waals surface area contributed by atoms with E-state index in [4.69, 9.17) is 0 Å². The molecule has 1 atom stereocenters. The smallest absolute Gasteiger partial charge is 0.333 e. The average molecular weight is 465 g/mol. The lowest BCUT2D eigenvalue weighted by molar-refractivity contribution is -0.200. The van der Waals surface area contributed by atoms with E-state index in [2.05, 4.69) is 0 Å². The minimum atomic E-state index is -5.44. The summed E-state index contributed by atoms with van der Waals surface area (Å²) >= 11 is 0. The molecule has 0 spiro atoms. The number of likely N-dealkylation sites (tertiary alicyclic amines) is 1. The molecule has 3 N–H and O–H groups in total. The second-order valence-electron chi connectivity index (χ2n) is 7.72. The van der Waals surface area contributed by atoms with Gasteiger partial charge in [-0.2, -0.15) is 13.2 Å². The van der Waals surface area contributed by atoms with Crippen LogP contribution in [0.4, 0.5) is 19.0 Å². The first kappa shape index (κ1) is 22.3. The number of nitrogens with zero attached hydrogens (tertiary/aromatic N) is 2. The van der Waals surface area contributed by atoms with E-state index >= 15 is 0 Å². The third kappa shape index (κ3) is 3.68. The van der Waals surface area contributed by atoms with Crippen LogP contribution in [0, 0.1) is 0 Å². The van der Waals surface area contributed by atoms with Crippen LogP contribution in [0.25, 0.3) is 0 Å². The Balaban J connectivity index is 1.81. The third-order valence-corrected chi connectivity index (χ3v) is 5.59. The Morgan fingerprint density at radius 1 is 1.12 bits per heavy atom. The van der Waals surface area contributed by atoms with E-state index < -0.39 is 58.6 Å². The van der Waals surface area contributed by atoms with Crippen LogP contribution >= 0.6 is 0 Å². The van der Waals surface area contributed by atoms with Gasteiger partial charge in [0.05, 0.1) is 13.1 Å². The molecule has 0 saturated carbocycles. The molecule has 0 bridgehead atoms. The lowest BCUT2D eigenvalue weighted by Gasteiger charge is -2.30. The van der Waals surface area contributed by atoms with E-state index in [1.807, 2.05) is 5.32 Å². The average Bonchev–Trinajstić information content (AvgIpc) is 3.27. The number of carbonyl (C=O) groups excluding carboxylic acids is 3. The molecule has 2 aliphatic heterocycles. The number of aromatic amines is 1. The second-order valence-corrected chi connectivity index (χ2v) is 7.72. The predicted octanol–water partition coefficient (Wildman–Crippen LogP) is 0.0332. The number of halogens is 3. The number of H-pyrrole nitrogens is 1. The fourth-order valence-electron chi connectivity index (χ4n) is 4.03. The number of fused-ring (bicyclic) bond motifs is 1. The highest BCUT2D eigenvalue weighted by Crippen LogP contribution is 2.45. The first-order valence-electron chi connectivity index (χ1n) is 9.93. The minimum Gasteiger partial charge on any atom is -0.333 e. The first-order chi connectivity index (χ1) is 15.5. The summed E-state index contributed by atoms with van der Waals surface area (Å²) in [6.45, 7) is -0.769. The molecule has 1 saturated heterocycles. The number of hydrogen-bond donors (Lipinski definition) is 3. The van der Waals surface area contributed by atoms with Crippen molar-refractivity contribution in [2.45, 2.75) is 31.1 Å². The van der Waals surface area contributed by atoms with Gasteiger partial charge in [-0.05, 0) is 12.0 Å². The number of rotatable bonds is 5. The summed E-state index contributed by atoms with van der Waals surface area (Å²) < 4.78 is 43.8. The van der Waals surface area contributed by atoms with Crippen molar-refractivity contribution >= 4 is 23.5 Å². The summed E-state index contributed by atoms with van der Waals surface area (Å²) in [6, 6.07) is 8.19. The number of nitrogens with one attached hydrogen (secondary N) is 3. The lowest BCUT2D eigenvalue weighted by Crippen LogP contribution is -2.63. The van der Waals surface area contributed by atoms with Crippen molar-refractivity contribution in [3.05, 3.63) is 62.3 Å². The normalized spacial score (nSPS) is 20.0. The molecule has 0 radical (unpaired) electrons. The summed E-state index contributed by atoms with van der Waals surface area (Å²) in [5.74, 6) is -4.07. The Morgan fingerprint density at radius 2 is 1.82 bits per heavy atom. The molecule has 0 aliphatic carbocycles. The number of amides is 3. The SMILES string of the molecule is O=C(CN1CCCC1=O)N[C@@]1(C(F)(F)F)C(=O)Nc2c1c(=O)[nH]c(=O)n2Cc1ccccc1. The highest BCUT2D eigenvalue weighted by atomic mass is 19.4. The summed E-state index contributed by atoms with van der Waals surface area (Å²) in [5.41, 5.74) is -6.86. The Hall–Kier alpha value is -3.90. The molecule has 4 rings (SSSR count). The van der Waals surface area contributed by atoms with Crippen LogP contribution in [-0.2, 0) is 26.5 Å². The first-order valence-corrected chi connectivity index (χ1v) is 9.93. The summed E-state index contributed by atoms with van der Waals surface area (Å²) in [4.78, 5) is 64.8. The van der Waals surface area contributed by atoms with E-state index in [0.29, 0.717) is 12.0 Å². The van der Waals surface area contributed by atoms with Crippen molar-refractivity contribution in [3.63, 3.8) is 0 Å². The molecular formula is C20H18F3N5O5. The van der Waals surface area contributed by atoms with Gasteiger partial charge in [-0.3, -0.25) is 28.7 Å². The maximum atomic E-state index is 14.3. The molecule has 0 unspecified atom stereocenters. The number of aromatic nitrogens is 2. The van der Waals surface area contributed by atoms with Gasteiger partial charge in [0.1, 0.15) is 11.4 Å². The van der Waals surface area contributed by atoms with E-state index in [1.165, 1.54) is 0 Å². The molecule has 10 nitrogen and oxygen atoms in total. The van der Waals surface area contributed by atoms with E-state index in [-0.39, 0.29) is 19.5 Å². The molecular weight excluding hydrogens is 447 g/mol. The van der Waals surface area contributed by atoms with Gasteiger partial charge in [0, 0.05) is 13.0 Å². The lowest BCUT2D eigenvalue weighted by atomic mass is 9.92. The predicted molar refractivity (Wildman–Crippen MR) is 107 cm³/mol. The van der Waals surface area contributed by atoms with Gasteiger partial charge in [-0.15, -0.1) is 0 Å². The van der Waals surface area contributed by atoms with Gasteiger partial charge in [0.2, 0.25) is 17.4 Å². The number of alkyl halides is 3. The summed E-state index contributed by atoms with van der Waals surface area (Å²) in [5, 5.41) is 3.59. The molecule has 174 valence electrons. The molecule has 1 aromatic heterocycles. The van der Waals surface area contributed by atoms with Crippen LogP contribution in [0.1, 0.15) is 24.0 Å². The maximum absolute atomic E-state index is 14.3. The van der Waals surface area contributed by atoms with Gasteiger partial charge >= 0.3 is 11.9 Å². The van der Waals surface area contributed by atoms with Crippen LogP contribution in [0.3, 0.4) is 0 Å².